The molecular formula is C20H30N2. The van der Waals surface area contributed by atoms with Gasteiger partial charge in [0.2, 0.25) is 0 Å². The summed E-state index contributed by atoms with van der Waals surface area (Å²) >= 11 is 0. The summed E-state index contributed by atoms with van der Waals surface area (Å²) in [6, 6.07) is 11.5. The van der Waals surface area contributed by atoms with Gasteiger partial charge in [0.25, 0.3) is 0 Å². The van der Waals surface area contributed by atoms with E-state index in [-0.39, 0.29) is 0 Å². The predicted molar refractivity (Wildman–Crippen MR) is 96.2 cm³/mol. The zero-order chi connectivity index (χ0) is 15.6. The minimum Gasteiger partial charge on any atom is -0.313 e. The summed E-state index contributed by atoms with van der Waals surface area (Å²) in [6.07, 6.45) is 9.04. The lowest BCUT2D eigenvalue weighted by molar-refractivity contribution is 0.255. The van der Waals surface area contributed by atoms with Crippen LogP contribution < -0.4 is 5.32 Å². The average Bonchev–Trinajstić information content (AvgIpc) is 3.07. The molecule has 1 heterocycles. The van der Waals surface area contributed by atoms with Crippen LogP contribution in [-0.2, 0) is 6.42 Å². The quantitative estimate of drug-likeness (QED) is 0.698. The van der Waals surface area contributed by atoms with Gasteiger partial charge in [0.05, 0.1) is 0 Å². The topological polar surface area (TPSA) is 15.3 Å². The van der Waals surface area contributed by atoms with Gasteiger partial charge in [-0.3, -0.25) is 0 Å². The molecule has 1 saturated heterocycles. The van der Waals surface area contributed by atoms with Crippen molar-refractivity contribution in [2.75, 3.05) is 26.2 Å². The first-order valence-corrected chi connectivity index (χ1v) is 8.59. The smallest absolute Gasteiger partial charge is 0.0195 e. The summed E-state index contributed by atoms with van der Waals surface area (Å²) in [7, 11) is 0. The molecule has 1 aliphatic heterocycles. The monoisotopic (exact) mass is 298 g/mol. The van der Waals surface area contributed by atoms with Gasteiger partial charge in [-0.05, 0) is 44.7 Å². The van der Waals surface area contributed by atoms with E-state index >= 15 is 0 Å². The second kappa shape index (κ2) is 9.60. The van der Waals surface area contributed by atoms with Crippen LogP contribution in [0.4, 0.5) is 0 Å². The Bertz CT molecular complexity index is 458. The molecular weight excluding hydrogens is 268 g/mol. The molecule has 0 radical (unpaired) electrons. The summed E-state index contributed by atoms with van der Waals surface area (Å²) < 4.78 is 0. The van der Waals surface area contributed by atoms with Crippen molar-refractivity contribution in [2.45, 2.75) is 38.6 Å². The third kappa shape index (κ3) is 5.78. The summed E-state index contributed by atoms with van der Waals surface area (Å²) in [5.41, 5.74) is 2.78. The van der Waals surface area contributed by atoms with Gasteiger partial charge >= 0.3 is 0 Å². The lowest BCUT2D eigenvalue weighted by Gasteiger charge is -2.26. The first-order chi connectivity index (χ1) is 10.8. The molecule has 0 aliphatic carbocycles. The Morgan fingerprint density at radius 3 is 2.77 bits per heavy atom. The Hall–Kier alpha value is -1.38. The van der Waals surface area contributed by atoms with E-state index in [1.807, 2.05) is 6.08 Å². The van der Waals surface area contributed by atoms with Crippen molar-refractivity contribution in [3.05, 3.63) is 60.2 Å². The molecule has 2 rings (SSSR count). The van der Waals surface area contributed by atoms with Crippen LogP contribution in [0.2, 0.25) is 0 Å². The van der Waals surface area contributed by atoms with E-state index in [4.69, 9.17) is 0 Å². The van der Waals surface area contributed by atoms with Gasteiger partial charge in [-0.25, -0.2) is 0 Å². The maximum Gasteiger partial charge on any atom is 0.0195 e. The van der Waals surface area contributed by atoms with E-state index in [1.165, 1.54) is 37.1 Å². The summed E-state index contributed by atoms with van der Waals surface area (Å²) in [4.78, 5) is 2.61. The van der Waals surface area contributed by atoms with Crippen LogP contribution in [0.25, 0.3) is 0 Å². The zero-order valence-electron chi connectivity index (χ0n) is 13.9. The SMILES string of the molecule is C=C/C(=C\C)CCN(CCc1ccccc1)C[C@@H]1CCCN1. The highest BCUT2D eigenvalue weighted by atomic mass is 15.1. The first-order valence-electron chi connectivity index (χ1n) is 8.59. The van der Waals surface area contributed by atoms with Gasteiger partial charge in [-0.2, -0.15) is 0 Å². The van der Waals surface area contributed by atoms with E-state index in [0.717, 1.165) is 25.9 Å². The molecule has 2 nitrogen and oxygen atoms in total. The molecule has 120 valence electrons. The van der Waals surface area contributed by atoms with Gasteiger partial charge < -0.3 is 10.2 Å². The lowest BCUT2D eigenvalue weighted by Crippen LogP contribution is -2.39. The number of hydrogen-bond donors (Lipinski definition) is 1. The fourth-order valence-corrected chi connectivity index (χ4v) is 3.10. The Balaban J connectivity index is 1.86. The van der Waals surface area contributed by atoms with Gasteiger partial charge in [0.15, 0.2) is 0 Å². The molecule has 1 aromatic rings. The highest BCUT2D eigenvalue weighted by Crippen LogP contribution is 2.11. The fourth-order valence-electron chi connectivity index (χ4n) is 3.10. The molecule has 1 aliphatic rings. The van der Waals surface area contributed by atoms with Crippen LogP contribution in [0, 0.1) is 0 Å². The predicted octanol–water partition coefficient (Wildman–Crippen LogP) is 3.81. The molecule has 0 saturated carbocycles. The van der Waals surface area contributed by atoms with Crippen molar-refractivity contribution in [1.29, 1.82) is 0 Å². The highest BCUT2D eigenvalue weighted by Gasteiger charge is 2.17. The fraction of sp³-hybridized carbons (Fsp3) is 0.500. The molecule has 22 heavy (non-hydrogen) atoms. The van der Waals surface area contributed by atoms with Crippen molar-refractivity contribution < 1.29 is 0 Å². The molecule has 0 spiro atoms. The summed E-state index contributed by atoms with van der Waals surface area (Å²) in [6.45, 7) is 10.6. The van der Waals surface area contributed by atoms with Crippen molar-refractivity contribution >= 4 is 0 Å². The third-order valence-corrected chi connectivity index (χ3v) is 4.55. The highest BCUT2D eigenvalue weighted by molar-refractivity contribution is 5.16. The number of benzene rings is 1. The molecule has 0 amide bonds. The second-order valence-electron chi connectivity index (χ2n) is 6.15. The van der Waals surface area contributed by atoms with E-state index < -0.39 is 0 Å². The number of allylic oxidation sites excluding steroid dienone is 2. The number of nitrogens with zero attached hydrogens (tertiary/aromatic N) is 1. The molecule has 0 unspecified atom stereocenters. The molecule has 1 fully saturated rings. The minimum atomic E-state index is 0.675. The Morgan fingerprint density at radius 2 is 2.14 bits per heavy atom. The van der Waals surface area contributed by atoms with Crippen molar-refractivity contribution in [2.24, 2.45) is 0 Å². The summed E-state index contributed by atoms with van der Waals surface area (Å²) in [5, 5.41) is 3.62. The minimum absolute atomic E-state index is 0.675. The normalized spacial score (nSPS) is 18.8. The van der Waals surface area contributed by atoms with Crippen LogP contribution in [0.3, 0.4) is 0 Å². The third-order valence-electron chi connectivity index (χ3n) is 4.55. The van der Waals surface area contributed by atoms with Gasteiger partial charge in [-0.15, -0.1) is 0 Å². The number of nitrogens with one attached hydrogen (secondary N) is 1. The lowest BCUT2D eigenvalue weighted by atomic mass is 10.1. The van der Waals surface area contributed by atoms with Crippen LogP contribution in [0.5, 0.6) is 0 Å². The second-order valence-corrected chi connectivity index (χ2v) is 6.15. The van der Waals surface area contributed by atoms with Crippen LogP contribution in [-0.4, -0.2) is 37.1 Å². The maximum absolute atomic E-state index is 3.91. The molecule has 0 aromatic heterocycles. The first kappa shape index (κ1) is 17.0. The Labute approximate surface area is 135 Å². The van der Waals surface area contributed by atoms with Crippen LogP contribution in [0.15, 0.2) is 54.6 Å². The number of hydrogen-bond acceptors (Lipinski definition) is 2. The average molecular weight is 298 g/mol. The van der Waals surface area contributed by atoms with E-state index in [1.54, 1.807) is 0 Å². The van der Waals surface area contributed by atoms with E-state index in [2.05, 4.69) is 60.1 Å². The van der Waals surface area contributed by atoms with Crippen molar-refractivity contribution in [3.8, 4) is 0 Å². The van der Waals surface area contributed by atoms with E-state index in [9.17, 15) is 0 Å². The molecule has 2 heteroatoms. The van der Waals surface area contributed by atoms with Crippen molar-refractivity contribution in [3.63, 3.8) is 0 Å². The van der Waals surface area contributed by atoms with Gasteiger partial charge in [0.1, 0.15) is 0 Å². The van der Waals surface area contributed by atoms with Crippen molar-refractivity contribution in [1.82, 2.24) is 10.2 Å². The summed E-state index contributed by atoms with van der Waals surface area (Å²) in [5.74, 6) is 0. The van der Waals surface area contributed by atoms with E-state index in [0.29, 0.717) is 6.04 Å². The standard InChI is InChI=1S/C20H30N2/c1-3-18(4-2)12-15-22(17-20-11-8-14-21-20)16-13-19-9-6-5-7-10-19/h3-7,9-10,20-21H,1,8,11-17H2,2H3/b18-4+/t20-/m0/s1. The van der Waals surface area contributed by atoms with Crippen LogP contribution >= 0.6 is 0 Å². The molecule has 1 N–H and O–H groups in total. The Morgan fingerprint density at radius 1 is 1.32 bits per heavy atom. The zero-order valence-corrected chi connectivity index (χ0v) is 13.9. The van der Waals surface area contributed by atoms with Gasteiger partial charge in [-0.1, -0.05) is 54.6 Å². The number of rotatable bonds is 9. The maximum atomic E-state index is 3.91. The van der Waals surface area contributed by atoms with Gasteiger partial charge in [0, 0.05) is 25.7 Å². The Kier molecular flexibility index (Phi) is 7.41. The largest absolute Gasteiger partial charge is 0.313 e. The van der Waals surface area contributed by atoms with Crippen LogP contribution in [0.1, 0.15) is 31.7 Å². The molecule has 1 atom stereocenters. The molecule has 1 aromatic carbocycles. The molecule has 0 bridgehead atoms.